The van der Waals surface area contributed by atoms with Crippen molar-refractivity contribution in [1.82, 2.24) is 19.3 Å². The number of nitrogens with zero attached hydrogens (tertiary/aromatic N) is 5. The first-order valence-corrected chi connectivity index (χ1v) is 9.93. The van der Waals surface area contributed by atoms with Crippen LogP contribution in [0, 0.1) is 13.8 Å². The summed E-state index contributed by atoms with van der Waals surface area (Å²) < 4.78 is 9.19. The highest BCUT2D eigenvalue weighted by Gasteiger charge is 2.23. The van der Waals surface area contributed by atoms with E-state index in [2.05, 4.69) is 15.4 Å². The topological polar surface area (TPSA) is 86.3 Å². The Balaban J connectivity index is 1.87. The number of methoxy groups -OCH3 is 1. The summed E-state index contributed by atoms with van der Waals surface area (Å²) in [5.74, 6) is 2.22. The van der Waals surface area contributed by atoms with Gasteiger partial charge in [-0.25, -0.2) is 9.98 Å². The number of rotatable bonds is 3. The third-order valence-corrected chi connectivity index (χ3v) is 5.62. The molecular formula is C23H22N6O2. The molecule has 1 aliphatic rings. The molecule has 1 N–H and O–H groups in total. The first-order chi connectivity index (χ1) is 14.9. The minimum atomic E-state index is -0.310. The summed E-state index contributed by atoms with van der Waals surface area (Å²) in [6.45, 7) is 5.95. The molecule has 0 saturated heterocycles. The Hall–Kier alpha value is -3.94. The third-order valence-electron chi connectivity index (χ3n) is 5.62. The second kappa shape index (κ2) is 6.80. The van der Waals surface area contributed by atoms with Crippen LogP contribution in [0.25, 0.3) is 27.7 Å². The second-order valence-corrected chi connectivity index (χ2v) is 7.75. The van der Waals surface area contributed by atoms with Gasteiger partial charge in [0.05, 0.1) is 41.1 Å². The van der Waals surface area contributed by atoms with Gasteiger partial charge in [0, 0.05) is 30.6 Å². The number of aliphatic imine (C=N–C) groups is 1. The molecular weight excluding hydrogens is 392 g/mol. The van der Waals surface area contributed by atoms with Gasteiger partial charge >= 0.3 is 0 Å². The van der Waals surface area contributed by atoms with Crippen molar-refractivity contribution in [3.8, 4) is 22.7 Å². The van der Waals surface area contributed by atoms with Gasteiger partial charge in [-0.1, -0.05) is 6.07 Å². The zero-order chi connectivity index (χ0) is 21.9. The lowest BCUT2D eigenvalue weighted by molar-refractivity contribution is 0.411. The smallest absolute Gasteiger partial charge is 0.279 e. The number of benzene rings is 1. The Morgan fingerprint density at radius 1 is 1.13 bits per heavy atom. The van der Waals surface area contributed by atoms with E-state index in [0.717, 1.165) is 45.0 Å². The van der Waals surface area contributed by atoms with Crippen molar-refractivity contribution in [3.63, 3.8) is 0 Å². The number of hydrogen-bond donors (Lipinski definition) is 1. The number of ether oxygens (including phenoxy) is 1. The largest absolute Gasteiger partial charge is 0.496 e. The standard InChI is InChI=1S/C23H22N6O2/c1-12-6-7-19(31-5)13(2)21(12)29-11-16-20-18(25-14(3)26-22(20)29)8-17(27-23(16)30)15-9-24-28(4)10-15/h6-11H,1-5H3,(H,25,26). The molecule has 0 radical (unpaired) electrons. The molecule has 8 heteroatoms. The van der Waals surface area contributed by atoms with Crippen molar-refractivity contribution in [3.05, 3.63) is 58.3 Å². The van der Waals surface area contributed by atoms with E-state index in [1.165, 1.54) is 0 Å². The molecule has 0 atom stereocenters. The quantitative estimate of drug-likeness (QED) is 0.550. The summed E-state index contributed by atoms with van der Waals surface area (Å²) in [5, 5.41) is 8.77. The van der Waals surface area contributed by atoms with Gasteiger partial charge in [0.1, 0.15) is 17.4 Å². The van der Waals surface area contributed by atoms with Crippen molar-refractivity contribution < 1.29 is 4.74 Å². The maximum Gasteiger partial charge on any atom is 0.279 e. The van der Waals surface area contributed by atoms with E-state index in [0.29, 0.717) is 16.9 Å². The van der Waals surface area contributed by atoms with Gasteiger partial charge in [-0.05, 0) is 38.5 Å². The number of hydrogen-bond acceptors (Lipinski definition) is 6. The third kappa shape index (κ3) is 2.91. The van der Waals surface area contributed by atoms with Gasteiger partial charge < -0.3 is 10.1 Å². The van der Waals surface area contributed by atoms with E-state index >= 15 is 0 Å². The van der Waals surface area contributed by atoms with Gasteiger partial charge in [-0.3, -0.25) is 14.0 Å². The van der Waals surface area contributed by atoms with Crippen LogP contribution in [0.15, 0.2) is 46.6 Å². The molecule has 8 nitrogen and oxygen atoms in total. The molecule has 1 aromatic carbocycles. The molecule has 3 aromatic heterocycles. The van der Waals surface area contributed by atoms with Crippen LogP contribution in [0.3, 0.4) is 0 Å². The highest BCUT2D eigenvalue weighted by atomic mass is 16.5. The Morgan fingerprint density at radius 2 is 1.94 bits per heavy atom. The molecule has 1 aliphatic heterocycles. The minimum Gasteiger partial charge on any atom is -0.496 e. The fourth-order valence-electron chi connectivity index (χ4n) is 4.20. The van der Waals surface area contributed by atoms with Crippen molar-refractivity contribution in [1.29, 1.82) is 0 Å². The molecule has 0 bridgehead atoms. The molecule has 156 valence electrons. The van der Waals surface area contributed by atoms with Crippen molar-refractivity contribution >= 4 is 28.1 Å². The number of aryl methyl sites for hydroxylation is 2. The lowest BCUT2D eigenvalue weighted by atomic mass is 10.1. The lowest BCUT2D eigenvalue weighted by Crippen LogP contribution is -2.11. The summed E-state index contributed by atoms with van der Waals surface area (Å²) in [6, 6.07) is 5.84. The Kier molecular flexibility index (Phi) is 4.18. The van der Waals surface area contributed by atoms with E-state index in [1.54, 1.807) is 18.0 Å². The van der Waals surface area contributed by atoms with Gasteiger partial charge in [0.25, 0.3) is 5.56 Å². The summed E-state index contributed by atoms with van der Waals surface area (Å²) in [5.41, 5.74) is 4.82. The fourth-order valence-corrected chi connectivity index (χ4v) is 4.20. The Bertz CT molecular complexity index is 1460. The molecule has 5 rings (SSSR count). The van der Waals surface area contributed by atoms with E-state index in [-0.39, 0.29) is 5.56 Å². The van der Waals surface area contributed by atoms with Crippen LogP contribution >= 0.6 is 0 Å². The van der Waals surface area contributed by atoms with Gasteiger partial charge in [0.2, 0.25) is 0 Å². The zero-order valence-electron chi connectivity index (χ0n) is 18.0. The molecule has 0 fully saturated rings. The van der Waals surface area contributed by atoms with Crippen LogP contribution in [0.2, 0.25) is 0 Å². The first kappa shape index (κ1) is 19.0. The average molecular weight is 414 g/mol. The SMILES string of the molecule is COc1ccc(C)c(-n2cc3c(=O)nc(-c4cnn(C)c4)cc4c3c2N=C(C)N4)c1C. The van der Waals surface area contributed by atoms with Gasteiger partial charge in [-0.2, -0.15) is 5.10 Å². The van der Waals surface area contributed by atoms with E-state index < -0.39 is 0 Å². The van der Waals surface area contributed by atoms with Crippen molar-refractivity contribution in [2.45, 2.75) is 20.8 Å². The van der Waals surface area contributed by atoms with Crippen LogP contribution in [0.4, 0.5) is 11.5 Å². The van der Waals surface area contributed by atoms with Crippen LogP contribution in [0.5, 0.6) is 5.75 Å². The predicted octanol–water partition coefficient (Wildman–Crippen LogP) is 3.89. The van der Waals surface area contributed by atoms with E-state index in [9.17, 15) is 4.79 Å². The van der Waals surface area contributed by atoms with Gasteiger partial charge in [0.15, 0.2) is 0 Å². The zero-order valence-corrected chi connectivity index (χ0v) is 18.0. The molecule has 4 heterocycles. The van der Waals surface area contributed by atoms with E-state index in [4.69, 9.17) is 9.73 Å². The highest BCUT2D eigenvalue weighted by Crippen LogP contribution is 2.40. The van der Waals surface area contributed by atoms with Crippen LogP contribution in [0.1, 0.15) is 18.1 Å². The maximum absolute atomic E-state index is 13.2. The van der Waals surface area contributed by atoms with Crippen molar-refractivity contribution in [2.24, 2.45) is 12.0 Å². The monoisotopic (exact) mass is 414 g/mol. The fraction of sp³-hybridized carbons (Fsp3) is 0.217. The predicted molar refractivity (Wildman–Crippen MR) is 122 cm³/mol. The maximum atomic E-state index is 13.2. The molecule has 0 spiro atoms. The number of anilines is 1. The summed E-state index contributed by atoms with van der Waals surface area (Å²) in [7, 11) is 3.49. The number of aromatic nitrogens is 4. The molecule has 31 heavy (non-hydrogen) atoms. The number of amidine groups is 1. The Morgan fingerprint density at radius 3 is 2.65 bits per heavy atom. The van der Waals surface area contributed by atoms with Crippen LogP contribution < -0.4 is 15.6 Å². The second-order valence-electron chi connectivity index (χ2n) is 7.75. The summed E-state index contributed by atoms with van der Waals surface area (Å²) >= 11 is 0. The lowest BCUT2D eigenvalue weighted by Gasteiger charge is -2.18. The normalized spacial score (nSPS) is 12.6. The molecule has 0 aliphatic carbocycles. The molecule has 0 saturated carbocycles. The first-order valence-electron chi connectivity index (χ1n) is 9.93. The molecule has 0 amide bonds. The number of nitrogens with one attached hydrogen (secondary N) is 1. The molecule has 4 aromatic rings. The minimum absolute atomic E-state index is 0.310. The van der Waals surface area contributed by atoms with Crippen molar-refractivity contribution in [2.75, 3.05) is 12.4 Å². The van der Waals surface area contributed by atoms with Gasteiger partial charge in [-0.15, -0.1) is 0 Å². The van der Waals surface area contributed by atoms with E-state index in [1.807, 2.05) is 63.0 Å². The van der Waals surface area contributed by atoms with Crippen LogP contribution in [-0.2, 0) is 7.05 Å². The molecule has 0 unspecified atom stereocenters. The summed E-state index contributed by atoms with van der Waals surface area (Å²) in [6.07, 6.45) is 5.37. The Labute approximate surface area is 178 Å². The summed E-state index contributed by atoms with van der Waals surface area (Å²) in [4.78, 5) is 22.3. The highest BCUT2D eigenvalue weighted by molar-refractivity contribution is 6.13. The van der Waals surface area contributed by atoms with Crippen LogP contribution in [-0.4, -0.2) is 32.3 Å². The average Bonchev–Trinajstić information content (AvgIpc) is 3.28.